The van der Waals surface area contributed by atoms with Gasteiger partial charge in [-0.25, -0.2) is 4.98 Å². The minimum absolute atomic E-state index is 0.0135. The van der Waals surface area contributed by atoms with E-state index >= 15 is 0 Å². The van der Waals surface area contributed by atoms with Crippen molar-refractivity contribution >= 4 is 5.97 Å². The number of nitrogens with zero attached hydrogens (tertiary/aromatic N) is 3. The van der Waals surface area contributed by atoms with Crippen molar-refractivity contribution in [3.05, 3.63) is 18.2 Å². The highest BCUT2D eigenvalue weighted by Crippen LogP contribution is 2.48. The molecular weight excluding hydrogens is 344 g/mol. The highest BCUT2D eigenvalue weighted by molar-refractivity contribution is 5.78. The first kappa shape index (κ1) is 18.9. The lowest BCUT2D eigenvalue weighted by molar-refractivity contribution is -0.170. The van der Waals surface area contributed by atoms with Crippen molar-refractivity contribution in [2.45, 2.75) is 45.2 Å². The van der Waals surface area contributed by atoms with Crippen molar-refractivity contribution in [2.24, 2.45) is 11.3 Å². The second kappa shape index (κ2) is 8.29. The smallest absolute Gasteiger partial charge is 0.313 e. The topological polar surface area (TPSA) is 70.7 Å². The second-order valence-corrected chi connectivity index (χ2v) is 8.19. The molecule has 3 heterocycles. The molecule has 1 aromatic heterocycles. The van der Waals surface area contributed by atoms with Crippen molar-refractivity contribution in [1.29, 1.82) is 0 Å². The predicted octanol–water partition coefficient (Wildman–Crippen LogP) is 1.67. The van der Waals surface area contributed by atoms with E-state index in [-0.39, 0.29) is 11.4 Å². The Morgan fingerprint density at radius 1 is 1.37 bits per heavy atom. The highest BCUT2D eigenvalue weighted by atomic mass is 16.5. The molecule has 7 nitrogen and oxygen atoms in total. The van der Waals surface area contributed by atoms with Crippen LogP contribution in [0.25, 0.3) is 0 Å². The van der Waals surface area contributed by atoms with Gasteiger partial charge in [0.05, 0.1) is 31.8 Å². The molecule has 1 aromatic rings. The number of morpholine rings is 1. The number of aromatic nitrogens is 2. The van der Waals surface area contributed by atoms with Crippen molar-refractivity contribution < 1.29 is 14.3 Å². The predicted molar refractivity (Wildman–Crippen MR) is 101 cm³/mol. The highest BCUT2D eigenvalue weighted by Gasteiger charge is 2.53. The summed E-state index contributed by atoms with van der Waals surface area (Å²) in [5, 5.41) is 0. The minimum atomic E-state index is -0.358. The van der Waals surface area contributed by atoms with E-state index in [9.17, 15) is 4.79 Å². The van der Waals surface area contributed by atoms with Gasteiger partial charge in [-0.1, -0.05) is 0 Å². The number of nitrogens with one attached hydrogen (secondary N) is 1. The number of ether oxygens (including phenoxy) is 2. The summed E-state index contributed by atoms with van der Waals surface area (Å²) in [6, 6.07) is 0.582. The molecule has 4 rings (SSSR count). The number of H-pyrrole nitrogens is 1. The second-order valence-electron chi connectivity index (χ2n) is 8.19. The van der Waals surface area contributed by atoms with Gasteiger partial charge < -0.3 is 14.5 Å². The Labute approximate surface area is 161 Å². The standard InChI is InChI=1S/C20H32N4O3/c1-2-27-19(25)20-5-3-17(24-9-11-26-12-10-24)13-16(20)4-8-23(15-20)14-18-21-6-7-22-18/h6-7,16-17H,2-5,8-15H2,1H3,(H,21,22)/t16-,17?,20-/m1/s1. The summed E-state index contributed by atoms with van der Waals surface area (Å²) in [6.45, 7) is 8.65. The number of fused-ring (bicyclic) bond motifs is 1. The van der Waals surface area contributed by atoms with Gasteiger partial charge in [0, 0.05) is 38.1 Å². The number of imidazole rings is 1. The maximum atomic E-state index is 13.1. The summed E-state index contributed by atoms with van der Waals surface area (Å²) in [6.07, 6.45) is 7.80. The summed E-state index contributed by atoms with van der Waals surface area (Å²) in [5.41, 5.74) is -0.358. The zero-order chi connectivity index (χ0) is 18.7. The lowest BCUT2D eigenvalue weighted by atomic mass is 9.61. The quantitative estimate of drug-likeness (QED) is 0.789. The molecule has 1 N–H and O–H groups in total. The van der Waals surface area contributed by atoms with Crippen molar-refractivity contribution in [2.75, 3.05) is 46.0 Å². The molecule has 1 aliphatic carbocycles. The number of carbonyl (C=O) groups excluding carboxylic acids is 1. The monoisotopic (exact) mass is 376 g/mol. The van der Waals surface area contributed by atoms with Gasteiger partial charge in [0.1, 0.15) is 5.82 Å². The molecule has 3 aliphatic rings. The zero-order valence-electron chi connectivity index (χ0n) is 16.4. The molecule has 1 unspecified atom stereocenters. The lowest BCUT2D eigenvalue weighted by Gasteiger charge is -2.52. The molecular formula is C20H32N4O3. The van der Waals surface area contributed by atoms with Crippen LogP contribution in [-0.4, -0.2) is 77.8 Å². The molecule has 0 radical (unpaired) electrons. The third kappa shape index (κ3) is 3.91. The fraction of sp³-hybridized carbons (Fsp3) is 0.800. The molecule has 3 fully saturated rings. The van der Waals surface area contributed by atoms with Crippen LogP contribution < -0.4 is 0 Å². The molecule has 1 saturated carbocycles. The third-order valence-corrected chi connectivity index (χ3v) is 6.73. The van der Waals surface area contributed by atoms with Crippen LogP contribution in [0.1, 0.15) is 38.4 Å². The van der Waals surface area contributed by atoms with Gasteiger partial charge >= 0.3 is 5.97 Å². The molecule has 7 heteroatoms. The fourth-order valence-corrected chi connectivity index (χ4v) is 5.33. The Bertz CT molecular complexity index is 617. The summed E-state index contributed by atoms with van der Waals surface area (Å²) >= 11 is 0. The van der Waals surface area contributed by atoms with Gasteiger partial charge in [-0.15, -0.1) is 0 Å². The van der Waals surface area contributed by atoms with Gasteiger partial charge in [-0.2, -0.15) is 0 Å². The number of likely N-dealkylation sites (tertiary alicyclic amines) is 1. The van der Waals surface area contributed by atoms with Crippen LogP contribution in [0, 0.1) is 11.3 Å². The molecule has 0 aromatic carbocycles. The summed E-state index contributed by atoms with van der Waals surface area (Å²) in [4.78, 5) is 25.6. The Morgan fingerprint density at radius 3 is 2.96 bits per heavy atom. The van der Waals surface area contributed by atoms with Gasteiger partial charge in [0.15, 0.2) is 0 Å². The Balaban J connectivity index is 1.48. The van der Waals surface area contributed by atoms with Gasteiger partial charge in [-0.3, -0.25) is 14.6 Å². The van der Waals surface area contributed by atoms with Crippen LogP contribution >= 0.6 is 0 Å². The average molecular weight is 377 g/mol. The first-order valence-corrected chi connectivity index (χ1v) is 10.4. The number of carbonyl (C=O) groups is 1. The van der Waals surface area contributed by atoms with E-state index in [0.717, 1.165) is 77.4 Å². The van der Waals surface area contributed by atoms with Crippen LogP contribution in [-0.2, 0) is 20.8 Å². The number of hydrogen-bond donors (Lipinski definition) is 1. The first-order valence-electron chi connectivity index (χ1n) is 10.4. The van der Waals surface area contributed by atoms with Crippen molar-refractivity contribution in [3.8, 4) is 0 Å². The van der Waals surface area contributed by atoms with Crippen molar-refractivity contribution in [1.82, 2.24) is 19.8 Å². The van der Waals surface area contributed by atoms with E-state index in [0.29, 0.717) is 18.6 Å². The molecule has 0 spiro atoms. The maximum Gasteiger partial charge on any atom is 0.313 e. The summed E-state index contributed by atoms with van der Waals surface area (Å²) < 4.78 is 11.1. The van der Waals surface area contributed by atoms with Crippen LogP contribution in [0.4, 0.5) is 0 Å². The molecule has 2 saturated heterocycles. The largest absolute Gasteiger partial charge is 0.466 e. The number of rotatable bonds is 5. The number of hydrogen-bond acceptors (Lipinski definition) is 6. The Hall–Kier alpha value is -1.44. The third-order valence-electron chi connectivity index (χ3n) is 6.73. The molecule has 150 valence electrons. The van der Waals surface area contributed by atoms with Gasteiger partial charge in [0.2, 0.25) is 0 Å². The van der Waals surface area contributed by atoms with E-state index < -0.39 is 0 Å². The molecule has 2 aliphatic heterocycles. The molecule has 27 heavy (non-hydrogen) atoms. The molecule has 3 atom stereocenters. The number of aromatic amines is 1. The van der Waals surface area contributed by atoms with E-state index in [4.69, 9.17) is 9.47 Å². The average Bonchev–Trinajstić information content (AvgIpc) is 3.21. The van der Waals surface area contributed by atoms with Crippen LogP contribution in [0.15, 0.2) is 12.4 Å². The van der Waals surface area contributed by atoms with E-state index in [2.05, 4.69) is 19.8 Å². The van der Waals surface area contributed by atoms with Crippen molar-refractivity contribution in [3.63, 3.8) is 0 Å². The van der Waals surface area contributed by atoms with E-state index in [1.807, 2.05) is 13.1 Å². The first-order chi connectivity index (χ1) is 13.2. The Kier molecular flexibility index (Phi) is 5.80. The normalized spacial score (nSPS) is 32.8. The number of piperidine rings is 1. The minimum Gasteiger partial charge on any atom is -0.466 e. The van der Waals surface area contributed by atoms with Crippen LogP contribution in [0.5, 0.6) is 0 Å². The van der Waals surface area contributed by atoms with Gasteiger partial charge in [0.25, 0.3) is 0 Å². The lowest BCUT2D eigenvalue weighted by Crippen LogP contribution is -2.58. The van der Waals surface area contributed by atoms with Crippen LogP contribution in [0.2, 0.25) is 0 Å². The summed E-state index contributed by atoms with van der Waals surface area (Å²) in [5.74, 6) is 1.39. The zero-order valence-corrected chi connectivity index (χ0v) is 16.4. The maximum absolute atomic E-state index is 13.1. The molecule has 0 amide bonds. The van der Waals surface area contributed by atoms with Crippen LogP contribution in [0.3, 0.4) is 0 Å². The SMILES string of the molecule is CCOC(=O)[C@@]12CCC(N3CCOCC3)C[C@H]1CCN(Cc1ncc[nH]1)C2. The fourth-order valence-electron chi connectivity index (χ4n) is 5.33. The summed E-state index contributed by atoms with van der Waals surface area (Å²) in [7, 11) is 0. The Morgan fingerprint density at radius 2 is 2.22 bits per heavy atom. The van der Waals surface area contributed by atoms with E-state index in [1.165, 1.54) is 0 Å². The van der Waals surface area contributed by atoms with E-state index in [1.54, 1.807) is 6.20 Å². The molecule has 0 bridgehead atoms. The van der Waals surface area contributed by atoms with Gasteiger partial charge in [-0.05, 0) is 45.1 Å². The number of esters is 1.